The maximum Gasteiger partial charge on any atom is 0.343 e. The third-order valence-corrected chi connectivity index (χ3v) is 4.69. The maximum absolute atomic E-state index is 12.1. The Morgan fingerprint density at radius 2 is 1.70 bits per heavy atom. The molecule has 0 radical (unpaired) electrons. The zero-order chi connectivity index (χ0) is 21.3. The highest BCUT2D eigenvalue weighted by Gasteiger charge is 2.08. The Morgan fingerprint density at radius 3 is 2.40 bits per heavy atom. The number of carbonyl (C=O) groups is 2. The molecule has 0 saturated carbocycles. The standard InChI is InChI=1S/C23H20BrN3O3/c1-16-4-2-3-5-21(16)25-15-22(28)27-26-14-17-6-12-20(13-7-17)30-23(29)18-8-10-19(24)11-9-18/h2-14,25H,15H2,1H3,(H,27,28)/b26-14-. The molecule has 0 aromatic heterocycles. The van der Waals surface area contributed by atoms with Crippen LogP contribution in [0.25, 0.3) is 0 Å². The quantitative estimate of drug-likeness (QED) is 0.232. The molecule has 0 fully saturated rings. The normalized spacial score (nSPS) is 10.6. The number of hydrogen-bond donors (Lipinski definition) is 2. The van der Waals surface area contributed by atoms with Crippen LogP contribution in [0.4, 0.5) is 5.69 Å². The van der Waals surface area contributed by atoms with Gasteiger partial charge in [-0.3, -0.25) is 4.79 Å². The van der Waals surface area contributed by atoms with E-state index in [-0.39, 0.29) is 12.5 Å². The summed E-state index contributed by atoms with van der Waals surface area (Å²) in [4.78, 5) is 24.0. The first-order chi connectivity index (χ1) is 14.5. The number of halogens is 1. The van der Waals surface area contributed by atoms with Crippen LogP contribution in [-0.4, -0.2) is 24.6 Å². The lowest BCUT2D eigenvalue weighted by molar-refractivity contribution is -0.119. The van der Waals surface area contributed by atoms with Crippen LogP contribution in [0.15, 0.2) is 82.4 Å². The highest BCUT2D eigenvalue weighted by atomic mass is 79.9. The molecule has 0 heterocycles. The molecule has 0 bridgehead atoms. The van der Waals surface area contributed by atoms with Crippen molar-refractivity contribution in [1.82, 2.24) is 5.43 Å². The van der Waals surface area contributed by atoms with Gasteiger partial charge in [-0.05, 0) is 72.6 Å². The molecule has 3 rings (SSSR count). The molecule has 0 spiro atoms. The van der Waals surface area contributed by atoms with Gasteiger partial charge >= 0.3 is 5.97 Å². The Bertz CT molecular complexity index is 1050. The average Bonchev–Trinajstić information content (AvgIpc) is 2.75. The Balaban J connectivity index is 1.47. The maximum atomic E-state index is 12.1. The van der Waals surface area contributed by atoms with Crippen LogP contribution in [0.5, 0.6) is 5.75 Å². The highest BCUT2D eigenvalue weighted by Crippen LogP contribution is 2.16. The summed E-state index contributed by atoms with van der Waals surface area (Å²) in [6.45, 7) is 2.09. The van der Waals surface area contributed by atoms with Crippen LogP contribution in [0.3, 0.4) is 0 Å². The lowest BCUT2D eigenvalue weighted by Gasteiger charge is -2.07. The molecule has 0 aliphatic rings. The van der Waals surface area contributed by atoms with Gasteiger partial charge in [-0.1, -0.05) is 34.1 Å². The largest absolute Gasteiger partial charge is 0.423 e. The van der Waals surface area contributed by atoms with Gasteiger partial charge in [0.1, 0.15) is 5.75 Å². The first kappa shape index (κ1) is 21.3. The third kappa shape index (κ3) is 6.28. The van der Waals surface area contributed by atoms with Crippen molar-refractivity contribution in [2.45, 2.75) is 6.92 Å². The van der Waals surface area contributed by atoms with E-state index in [0.29, 0.717) is 11.3 Å². The van der Waals surface area contributed by atoms with Crippen LogP contribution < -0.4 is 15.5 Å². The minimum Gasteiger partial charge on any atom is -0.423 e. The fourth-order valence-electron chi connectivity index (χ4n) is 2.54. The molecule has 152 valence electrons. The van der Waals surface area contributed by atoms with E-state index in [0.717, 1.165) is 21.3 Å². The molecule has 0 atom stereocenters. The summed E-state index contributed by atoms with van der Waals surface area (Å²) in [5, 5.41) is 7.01. The summed E-state index contributed by atoms with van der Waals surface area (Å²) in [5.74, 6) is -0.265. The molecule has 0 aliphatic heterocycles. The number of nitrogens with zero attached hydrogens (tertiary/aromatic N) is 1. The molecule has 30 heavy (non-hydrogen) atoms. The number of hydrazone groups is 1. The molecule has 0 unspecified atom stereocenters. The SMILES string of the molecule is Cc1ccccc1NCC(=O)N/N=C\c1ccc(OC(=O)c2ccc(Br)cc2)cc1. The first-order valence-electron chi connectivity index (χ1n) is 9.20. The van der Waals surface area contributed by atoms with Crippen LogP contribution in [-0.2, 0) is 4.79 Å². The topological polar surface area (TPSA) is 79.8 Å². The van der Waals surface area contributed by atoms with Gasteiger partial charge in [0, 0.05) is 10.2 Å². The Hall–Kier alpha value is -3.45. The second-order valence-corrected chi connectivity index (χ2v) is 7.34. The van der Waals surface area contributed by atoms with Crippen molar-refractivity contribution in [3.8, 4) is 5.75 Å². The molecular weight excluding hydrogens is 446 g/mol. The molecule has 6 nitrogen and oxygen atoms in total. The fourth-order valence-corrected chi connectivity index (χ4v) is 2.80. The monoisotopic (exact) mass is 465 g/mol. The Labute approximate surface area is 183 Å². The van der Waals surface area contributed by atoms with Crippen LogP contribution >= 0.6 is 15.9 Å². The van der Waals surface area contributed by atoms with Crippen molar-refractivity contribution in [3.05, 3.63) is 94.0 Å². The second-order valence-electron chi connectivity index (χ2n) is 6.43. The van der Waals surface area contributed by atoms with E-state index in [1.807, 2.05) is 31.2 Å². The molecule has 0 saturated heterocycles. The van der Waals surface area contributed by atoms with E-state index in [1.54, 1.807) is 48.5 Å². The summed E-state index contributed by atoms with van der Waals surface area (Å²) in [7, 11) is 0. The van der Waals surface area contributed by atoms with E-state index in [2.05, 4.69) is 31.8 Å². The molecule has 1 amide bonds. The number of ether oxygens (including phenoxy) is 1. The van der Waals surface area contributed by atoms with Crippen molar-refractivity contribution in [2.75, 3.05) is 11.9 Å². The van der Waals surface area contributed by atoms with Crippen LogP contribution in [0.1, 0.15) is 21.5 Å². The number of para-hydroxylation sites is 1. The number of amides is 1. The lowest BCUT2D eigenvalue weighted by atomic mass is 10.2. The van der Waals surface area contributed by atoms with Crippen molar-refractivity contribution in [3.63, 3.8) is 0 Å². The summed E-state index contributed by atoms with van der Waals surface area (Å²) in [6, 6.07) is 21.5. The summed E-state index contributed by atoms with van der Waals surface area (Å²) >= 11 is 3.33. The van der Waals surface area contributed by atoms with Crippen LogP contribution in [0.2, 0.25) is 0 Å². The predicted octanol–water partition coefficient (Wildman–Crippen LogP) is 4.54. The molecule has 0 aliphatic carbocycles. The van der Waals surface area contributed by atoms with Crippen molar-refractivity contribution < 1.29 is 14.3 Å². The molecule has 3 aromatic rings. The molecule has 2 N–H and O–H groups in total. The Kier molecular flexibility index (Phi) is 7.34. The number of rotatable bonds is 7. The number of anilines is 1. The van der Waals surface area contributed by atoms with Crippen molar-refractivity contribution in [2.24, 2.45) is 5.10 Å². The molecular formula is C23H20BrN3O3. The molecule has 7 heteroatoms. The first-order valence-corrected chi connectivity index (χ1v) is 10.00. The second kappa shape index (κ2) is 10.4. The minimum atomic E-state index is -0.433. The van der Waals surface area contributed by atoms with Gasteiger partial charge in [0.15, 0.2) is 0 Å². The summed E-state index contributed by atoms with van der Waals surface area (Å²) in [5.41, 5.74) is 5.66. The smallest absolute Gasteiger partial charge is 0.343 e. The van der Waals surface area contributed by atoms with Gasteiger partial charge < -0.3 is 10.1 Å². The number of nitrogens with one attached hydrogen (secondary N) is 2. The van der Waals surface area contributed by atoms with E-state index < -0.39 is 5.97 Å². The fraction of sp³-hybridized carbons (Fsp3) is 0.0870. The van der Waals surface area contributed by atoms with Crippen molar-refractivity contribution in [1.29, 1.82) is 0 Å². The Morgan fingerprint density at radius 1 is 1.00 bits per heavy atom. The zero-order valence-corrected chi connectivity index (χ0v) is 17.8. The number of hydrogen-bond acceptors (Lipinski definition) is 5. The average molecular weight is 466 g/mol. The van der Waals surface area contributed by atoms with E-state index in [1.165, 1.54) is 6.21 Å². The van der Waals surface area contributed by atoms with E-state index in [4.69, 9.17) is 4.74 Å². The van der Waals surface area contributed by atoms with Gasteiger partial charge in [0.2, 0.25) is 0 Å². The van der Waals surface area contributed by atoms with Gasteiger partial charge in [-0.15, -0.1) is 0 Å². The van der Waals surface area contributed by atoms with Crippen LogP contribution in [0, 0.1) is 6.92 Å². The highest BCUT2D eigenvalue weighted by molar-refractivity contribution is 9.10. The summed E-state index contributed by atoms with van der Waals surface area (Å²) < 4.78 is 6.23. The molecule has 3 aromatic carbocycles. The van der Waals surface area contributed by atoms with Gasteiger partial charge in [0.25, 0.3) is 5.91 Å². The lowest BCUT2D eigenvalue weighted by Crippen LogP contribution is -2.26. The van der Waals surface area contributed by atoms with E-state index >= 15 is 0 Å². The summed E-state index contributed by atoms with van der Waals surface area (Å²) in [6.07, 6.45) is 1.52. The van der Waals surface area contributed by atoms with Crippen molar-refractivity contribution >= 4 is 39.7 Å². The number of carbonyl (C=O) groups excluding carboxylic acids is 2. The zero-order valence-electron chi connectivity index (χ0n) is 16.3. The predicted molar refractivity (Wildman–Crippen MR) is 121 cm³/mol. The van der Waals surface area contributed by atoms with Gasteiger partial charge in [-0.2, -0.15) is 5.10 Å². The van der Waals surface area contributed by atoms with E-state index in [9.17, 15) is 9.59 Å². The number of esters is 1. The van der Waals surface area contributed by atoms with Gasteiger partial charge in [0.05, 0.1) is 18.3 Å². The number of aryl methyl sites for hydroxylation is 1. The third-order valence-electron chi connectivity index (χ3n) is 4.16. The van der Waals surface area contributed by atoms with Gasteiger partial charge in [-0.25, -0.2) is 10.2 Å². The minimum absolute atomic E-state index is 0.118. The number of benzene rings is 3.